The first-order chi connectivity index (χ1) is 9.22. The molecule has 0 radical (unpaired) electrons. The molecule has 0 saturated carbocycles. The number of nitrogens with one attached hydrogen (secondary N) is 2. The van der Waals surface area contributed by atoms with Gasteiger partial charge in [-0.1, -0.05) is 30.3 Å². The van der Waals surface area contributed by atoms with Crippen LogP contribution in [0.4, 0.5) is 0 Å². The maximum absolute atomic E-state index is 11.5. The van der Waals surface area contributed by atoms with Crippen molar-refractivity contribution in [3.05, 3.63) is 42.0 Å². The van der Waals surface area contributed by atoms with Crippen LogP contribution in [0.1, 0.15) is 5.56 Å². The molecule has 0 unspecified atom stereocenters. The van der Waals surface area contributed by atoms with Crippen molar-refractivity contribution in [1.29, 1.82) is 0 Å². The maximum atomic E-state index is 11.5. The van der Waals surface area contributed by atoms with Crippen LogP contribution in [0.5, 0.6) is 0 Å². The van der Waals surface area contributed by atoms with E-state index in [0.29, 0.717) is 13.1 Å². The first-order valence-electron chi connectivity index (χ1n) is 5.99. The Morgan fingerprint density at radius 3 is 2.53 bits per heavy atom. The molecule has 2 N–H and O–H groups in total. The van der Waals surface area contributed by atoms with Gasteiger partial charge >= 0.3 is 0 Å². The van der Waals surface area contributed by atoms with Gasteiger partial charge < -0.3 is 15.4 Å². The molecule has 0 atom stereocenters. The SMILES string of the molecule is COCC(=O)NCCNC(=O)/C=C/c1ccccc1. The molecule has 5 nitrogen and oxygen atoms in total. The topological polar surface area (TPSA) is 67.4 Å². The third-order valence-corrected chi connectivity index (χ3v) is 2.25. The highest BCUT2D eigenvalue weighted by Gasteiger charge is 1.99. The molecule has 0 aliphatic heterocycles. The van der Waals surface area contributed by atoms with Gasteiger partial charge in [-0.25, -0.2) is 0 Å². The lowest BCUT2D eigenvalue weighted by Crippen LogP contribution is -2.35. The first kappa shape index (κ1) is 14.9. The highest BCUT2D eigenvalue weighted by Crippen LogP contribution is 2.00. The largest absolute Gasteiger partial charge is 0.375 e. The van der Waals surface area contributed by atoms with Gasteiger partial charge in [0.25, 0.3) is 0 Å². The van der Waals surface area contributed by atoms with Crippen LogP contribution in [0.3, 0.4) is 0 Å². The fourth-order valence-electron chi connectivity index (χ4n) is 1.36. The fraction of sp³-hybridized carbons (Fsp3) is 0.286. The molecule has 0 fully saturated rings. The zero-order valence-corrected chi connectivity index (χ0v) is 10.9. The van der Waals surface area contributed by atoms with E-state index in [9.17, 15) is 9.59 Å². The molecule has 102 valence electrons. The minimum atomic E-state index is -0.198. The number of methoxy groups -OCH3 is 1. The summed E-state index contributed by atoms with van der Waals surface area (Å²) in [6, 6.07) is 9.55. The van der Waals surface area contributed by atoms with Crippen molar-refractivity contribution in [1.82, 2.24) is 10.6 Å². The second-order valence-electron chi connectivity index (χ2n) is 3.82. The Bertz CT molecular complexity index is 430. The van der Waals surface area contributed by atoms with Crippen molar-refractivity contribution >= 4 is 17.9 Å². The summed E-state index contributed by atoms with van der Waals surface area (Å²) in [6.45, 7) is 0.794. The highest BCUT2D eigenvalue weighted by molar-refractivity contribution is 5.91. The van der Waals surface area contributed by atoms with Crippen LogP contribution < -0.4 is 10.6 Å². The zero-order valence-electron chi connectivity index (χ0n) is 10.9. The summed E-state index contributed by atoms with van der Waals surface area (Å²) in [5.41, 5.74) is 0.964. The van der Waals surface area contributed by atoms with Gasteiger partial charge in [0.2, 0.25) is 11.8 Å². The molecule has 0 aliphatic carbocycles. The Morgan fingerprint density at radius 1 is 1.16 bits per heavy atom. The molecule has 0 bridgehead atoms. The fourth-order valence-corrected chi connectivity index (χ4v) is 1.36. The number of hydrogen-bond acceptors (Lipinski definition) is 3. The van der Waals surface area contributed by atoms with Gasteiger partial charge in [0.15, 0.2) is 0 Å². The number of ether oxygens (including phenoxy) is 1. The van der Waals surface area contributed by atoms with E-state index >= 15 is 0 Å². The van der Waals surface area contributed by atoms with Crippen LogP contribution in [0.2, 0.25) is 0 Å². The molecule has 2 amide bonds. The summed E-state index contributed by atoms with van der Waals surface area (Å²) in [6.07, 6.45) is 3.20. The van der Waals surface area contributed by atoms with E-state index in [4.69, 9.17) is 0 Å². The smallest absolute Gasteiger partial charge is 0.246 e. The lowest BCUT2D eigenvalue weighted by atomic mass is 10.2. The molecular formula is C14H18N2O3. The monoisotopic (exact) mass is 262 g/mol. The number of carbonyl (C=O) groups is 2. The van der Waals surface area contributed by atoms with E-state index in [-0.39, 0.29) is 18.4 Å². The summed E-state index contributed by atoms with van der Waals surface area (Å²) in [5.74, 6) is -0.388. The van der Waals surface area contributed by atoms with Gasteiger partial charge in [-0.3, -0.25) is 9.59 Å². The molecule has 0 spiro atoms. The van der Waals surface area contributed by atoms with Crippen molar-refractivity contribution in [2.45, 2.75) is 0 Å². The van der Waals surface area contributed by atoms with Crippen LogP contribution in [-0.4, -0.2) is 38.6 Å². The number of hydrogen-bond donors (Lipinski definition) is 2. The van der Waals surface area contributed by atoms with E-state index in [1.165, 1.54) is 13.2 Å². The standard InChI is InChI=1S/C14H18N2O3/c1-19-11-14(18)16-10-9-15-13(17)8-7-12-5-3-2-4-6-12/h2-8H,9-11H2,1H3,(H,15,17)(H,16,18)/b8-7+. The van der Waals surface area contributed by atoms with Gasteiger partial charge in [0.05, 0.1) is 0 Å². The van der Waals surface area contributed by atoms with Crippen molar-refractivity contribution in [3.63, 3.8) is 0 Å². The lowest BCUT2D eigenvalue weighted by Gasteiger charge is -2.04. The molecule has 0 heterocycles. The quantitative estimate of drug-likeness (QED) is 0.558. The molecule has 1 aromatic carbocycles. The Labute approximate surface area is 112 Å². The van der Waals surface area contributed by atoms with E-state index in [0.717, 1.165) is 5.56 Å². The average molecular weight is 262 g/mol. The number of benzene rings is 1. The predicted octanol–water partition coefficient (Wildman–Crippen LogP) is 0.579. The maximum Gasteiger partial charge on any atom is 0.246 e. The Kier molecular flexibility index (Phi) is 6.97. The normalized spacial score (nSPS) is 10.4. The van der Waals surface area contributed by atoms with Crippen LogP contribution in [0.25, 0.3) is 6.08 Å². The van der Waals surface area contributed by atoms with Crippen LogP contribution in [0, 0.1) is 0 Å². The minimum absolute atomic E-state index is 0.0296. The molecule has 19 heavy (non-hydrogen) atoms. The summed E-state index contributed by atoms with van der Waals surface area (Å²) < 4.78 is 4.66. The summed E-state index contributed by atoms with van der Waals surface area (Å²) in [5, 5.41) is 5.28. The van der Waals surface area contributed by atoms with E-state index in [1.807, 2.05) is 30.3 Å². The van der Waals surface area contributed by atoms with Crippen LogP contribution in [0.15, 0.2) is 36.4 Å². The van der Waals surface area contributed by atoms with Crippen LogP contribution in [-0.2, 0) is 14.3 Å². The zero-order chi connectivity index (χ0) is 13.9. The first-order valence-corrected chi connectivity index (χ1v) is 5.99. The minimum Gasteiger partial charge on any atom is -0.375 e. The Morgan fingerprint density at radius 2 is 1.84 bits per heavy atom. The third kappa shape index (κ3) is 7.00. The number of rotatable bonds is 7. The van der Waals surface area contributed by atoms with Gasteiger partial charge in [-0.2, -0.15) is 0 Å². The summed E-state index contributed by atoms with van der Waals surface area (Å²) in [4.78, 5) is 22.5. The Hall–Kier alpha value is -2.14. The van der Waals surface area contributed by atoms with Crippen molar-refractivity contribution in [2.75, 3.05) is 26.8 Å². The lowest BCUT2D eigenvalue weighted by molar-refractivity contribution is -0.125. The molecule has 1 aromatic rings. The van der Waals surface area contributed by atoms with E-state index in [1.54, 1.807) is 6.08 Å². The highest BCUT2D eigenvalue weighted by atomic mass is 16.5. The molecule has 0 aliphatic rings. The van der Waals surface area contributed by atoms with Gasteiger partial charge in [0, 0.05) is 26.3 Å². The molecule has 1 rings (SSSR count). The van der Waals surface area contributed by atoms with Crippen molar-refractivity contribution in [3.8, 4) is 0 Å². The number of amides is 2. The van der Waals surface area contributed by atoms with Gasteiger partial charge in [0.1, 0.15) is 6.61 Å². The van der Waals surface area contributed by atoms with E-state index < -0.39 is 0 Å². The summed E-state index contributed by atoms with van der Waals surface area (Å²) in [7, 11) is 1.45. The van der Waals surface area contributed by atoms with E-state index in [2.05, 4.69) is 15.4 Å². The van der Waals surface area contributed by atoms with Crippen molar-refractivity contribution < 1.29 is 14.3 Å². The molecular weight excluding hydrogens is 244 g/mol. The predicted molar refractivity (Wildman–Crippen MR) is 73.4 cm³/mol. The molecule has 0 aromatic heterocycles. The van der Waals surface area contributed by atoms with Crippen LogP contribution >= 0.6 is 0 Å². The number of carbonyl (C=O) groups excluding carboxylic acids is 2. The Balaban J connectivity index is 2.18. The molecule has 5 heteroatoms. The van der Waals surface area contributed by atoms with Crippen molar-refractivity contribution in [2.24, 2.45) is 0 Å². The second kappa shape index (κ2) is 8.88. The second-order valence-corrected chi connectivity index (χ2v) is 3.82. The summed E-state index contributed by atoms with van der Waals surface area (Å²) >= 11 is 0. The van der Waals surface area contributed by atoms with Gasteiger partial charge in [-0.15, -0.1) is 0 Å². The molecule has 0 saturated heterocycles. The average Bonchev–Trinajstić information content (AvgIpc) is 2.43. The third-order valence-electron chi connectivity index (χ3n) is 2.25. The van der Waals surface area contributed by atoms with Gasteiger partial charge in [-0.05, 0) is 11.6 Å².